The maximum absolute atomic E-state index is 12.9. The Bertz CT molecular complexity index is 412. The van der Waals surface area contributed by atoms with Crippen molar-refractivity contribution in [2.24, 2.45) is 0 Å². The lowest BCUT2D eigenvalue weighted by Gasteiger charge is -2.13. The summed E-state index contributed by atoms with van der Waals surface area (Å²) in [7, 11) is 0. The van der Waals surface area contributed by atoms with Gasteiger partial charge in [0.15, 0.2) is 0 Å². The predicted molar refractivity (Wildman–Crippen MR) is 58.2 cm³/mol. The average Bonchev–Trinajstić information content (AvgIpc) is 2.28. The van der Waals surface area contributed by atoms with E-state index in [9.17, 15) is 9.18 Å². The molecule has 0 aromatic heterocycles. The SMILES string of the molecule is CCC(CC#N)NC(=O)c1cccc(F)c1. The Hall–Kier alpha value is -1.89. The number of carbonyl (C=O) groups is 1. The summed E-state index contributed by atoms with van der Waals surface area (Å²) in [5.41, 5.74) is 0.274. The van der Waals surface area contributed by atoms with E-state index in [-0.39, 0.29) is 23.9 Å². The maximum Gasteiger partial charge on any atom is 0.251 e. The molecule has 0 aliphatic heterocycles. The normalized spacial score (nSPS) is 11.6. The minimum Gasteiger partial charge on any atom is -0.348 e. The summed E-state index contributed by atoms with van der Waals surface area (Å²) < 4.78 is 12.9. The van der Waals surface area contributed by atoms with E-state index in [2.05, 4.69) is 5.32 Å². The topological polar surface area (TPSA) is 52.9 Å². The second-order valence-corrected chi connectivity index (χ2v) is 3.45. The predicted octanol–water partition coefficient (Wildman–Crippen LogP) is 2.25. The van der Waals surface area contributed by atoms with Crippen molar-refractivity contribution in [3.63, 3.8) is 0 Å². The van der Waals surface area contributed by atoms with Crippen LogP contribution in [0, 0.1) is 17.1 Å². The summed E-state index contributed by atoms with van der Waals surface area (Å²) in [6, 6.07) is 7.30. The molecular weight excluding hydrogens is 207 g/mol. The molecule has 0 bridgehead atoms. The van der Waals surface area contributed by atoms with Crippen LogP contribution >= 0.6 is 0 Å². The number of rotatable bonds is 4. The van der Waals surface area contributed by atoms with E-state index in [1.165, 1.54) is 24.3 Å². The van der Waals surface area contributed by atoms with Gasteiger partial charge in [-0.1, -0.05) is 13.0 Å². The van der Waals surface area contributed by atoms with Crippen LogP contribution in [0.2, 0.25) is 0 Å². The van der Waals surface area contributed by atoms with Crippen LogP contribution < -0.4 is 5.32 Å². The van der Waals surface area contributed by atoms with Crippen molar-refractivity contribution in [3.05, 3.63) is 35.6 Å². The molecule has 1 amide bonds. The fourth-order valence-corrected chi connectivity index (χ4v) is 1.31. The molecule has 84 valence electrons. The molecule has 0 heterocycles. The van der Waals surface area contributed by atoms with Crippen molar-refractivity contribution >= 4 is 5.91 Å². The van der Waals surface area contributed by atoms with Crippen molar-refractivity contribution in [1.29, 1.82) is 5.26 Å². The van der Waals surface area contributed by atoms with Crippen LogP contribution in [0.15, 0.2) is 24.3 Å². The first-order valence-electron chi connectivity index (χ1n) is 5.10. The molecule has 0 saturated heterocycles. The Morgan fingerprint density at radius 2 is 2.38 bits per heavy atom. The molecule has 16 heavy (non-hydrogen) atoms. The first-order valence-corrected chi connectivity index (χ1v) is 5.10. The quantitative estimate of drug-likeness (QED) is 0.846. The molecule has 1 rings (SSSR count). The number of amides is 1. The molecule has 3 nitrogen and oxygen atoms in total. The van der Waals surface area contributed by atoms with Gasteiger partial charge < -0.3 is 5.32 Å². The van der Waals surface area contributed by atoms with Crippen LogP contribution in [0.4, 0.5) is 4.39 Å². The summed E-state index contributed by atoms with van der Waals surface area (Å²) >= 11 is 0. The molecule has 0 spiro atoms. The minimum absolute atomic E-state index is 0.180. The van der Waals surface area contributed by atoms with E-state index in [0.29, 0.717) is 6.42 Å². The third-order valence-electron chi connectivity index (χ3n) is 2.25. The number of hydrogen-bond acceptors (Lipinski definition) is 2. The highest BCUT2D eigenvalue weighted by molar-refractivity contribution is 5.94. The van der Waals surface area contributed by atoms with Gasteiger partial charge in [0.1, 0.15) is 5.82 Å². The second kappa shape index (κ2) is 5.86. The smallest absolute Gasteiger partial charge is 0.251 e. The van der Waals surface area contributed by atoms with Crippen LogP contribution in [-0.4, -0.2) is 11.9 Å². The number of nitrogens with zero attached hydrogens (tertiary/aromatic N) is 1. The Labute approximate surface area is 93.9 Å². The lowest BCUT2D eigenvalue weighted by Crippen LogP contribution is -2.34. The van der Waals surface area contributed by atoms with Gasteiger partial charge in [0.05, 0.1) is 12.5 Å². The van der Waals surface area contributed by atoms with Gasteiger partial charge in [-0.25, -0.2) is 4.39 Å². The molecule has 0 radical (unpaired) electrons. The van der Waals surface area contributed by atoms with Gasteiger partial charge in [-0.15, -0.1) is 0 Å². The zero-order chi connectivity index (χ0) is 12.0. The Balaban J connectivity index is 2.68. The van der Waals surface area contributed by atoms with Crippen LogP contribution in [-0.2, 0) is 0 Å². The maximum atomic E-state index is 12.9. The molecule has 1 aromatic carbocycles. The standard InChI is InChI=1S/C12H13FN2O/c1-2-11(6-7-14)15-12(16)9-4-3-5-10(13)8-9/h3-5,8,11H,2,6H2,1H3,(H,15,16). The molecule has 0 aliphatic rings. The van der Waals surface area contributed by atoms with Crippen LogP contribution in [0.1, 0.15) is 30.1 Å². The average molecular weight is 220 g/mol. The number of carbonyl (C=O) groups excluding carboxylic acids is 1. The van der Waals surface area contributed by atoms with E-state index in [1.54, 1.807) is 0 Å². The first-order chi connectivity index (χ1) is 7.67. The fraction of sp³-hybridized carbons (Fsp3) is 0.333. The largest absolute Gasteiger partial charge is 0.348 e. The van der Waals surface area contributed by atoms with E-state index in [4.69, 9.17) is 5.26 Å². The van der Waals surface area contributed by atoms with Gasteiger partial charge in [-0.3, -0.25) is 4.79 Å². The van der Waals surface area contributed by atoms with Gasteiger partial charge in [-0.2, -0.15) is 5.26 Å². The fourth-order valence-electron chi connectivity index (χ4n) is 1.31. The molecule has 1 aromatic rings. The number of hydrogen-bond donors (Lipinski definition) is 1. The zero-order valence-electron chi connectivity index (χ0n) is 9.03. The minimum atomic E-state index is -0.444. The molecule has 0 fully saturated rings. The summed E-state index contributed by atoms with van der Waals surface area (Å²) in [5.74, 6) is -0.789. The first kappa shape index (κ1) is 12.2. The third-order valence-corrected chi connectivity index (χ3v) is 2.25. The monoisotopic (exact) mass is 220 g/mol. The molecule has 0 aliphatic carbocycles. The highest BCUT2D eigenvalue weighted by Crippen LogP contribution is 2.05. The van der Waals surface area contributed by atoms with Crippen LogP contribution in [0.5, 0.6) is 0 Å². The van der Waals surface area contributed by atoms with Gasteiger partial charge in [0, 0.05) is 11.6 Å². The highest BCUT2D eigenvalue weighted by Gasteiger charge is 2.11. The molecular formula is C12H13FN2O. The number of nitriles is 1. The van der Waals surface area contributed by atoms with Gasteiger partial charge in [0.2, 0.25) is 0 Å². The van der Waals surface area contributed by atoms with E-state index in [1.807, 2.05) is 13.0 Å². The Morgan fingerprint density at radius 3 is 2.94 bits per heavy atom. The van der Waals surface area contributed by atoms with Crippen LogP contribution in [0.3, 0.4) is 0 Å². The molecule has 1 unspecified atom stereocenters. The zero-order valence-corrected chi connectivity index (χ0v) is 9.03. The van der Waals surface area contributed by atoms with E-state index >= 15 is 0 Å². The number of halogens is 1. The summed E-state index contributed by atoms with van der Waals surface area (Å²) in [6.45, 7) is 1.88. The molecule has 0 saturated carbocycles. The van der Waals surface area contributed by atoms with Gasteiger partial charge >= 0.3 is 0 Å². The van der Waals surface area contributed by atoms with Crippen molar-refractivity contribution < 1.29 is 9.18 Å². The molecule has 1 atom stereocenters. The van der Waals surface area contributed by atoms with Crippen molar-refractivity contribution in [3.8, 4) is 6.07 Å². The highest BCUT2D eigenvalue weighted by atomic mass is 19.1. The lowest BCUT2D eigenvalue weighted by molar-refractivity contribution is 0.0936. The van der Waals surface area contributed by atoms with Crippen molar-refractivity contribution in [2.75, 3.05) is 0 Å². The summed E-state index contributed by atoms with van der Waals surface area (Å²) in [4.78, 5) is 11.7. The number of benzene rings is 1. The second-order valence-electron chi connectivity index (χ2n) is 3.45. The molecule has 4 heteroatoms. The summed E-state index contributed by atoms with van der Waals surface area (Å²) in [5, 5.41) is 11.2. The van der Waals surface area contributed by atoms with Crippen LogP contribution in [0.25, 0.3) is 0 Å². The van der Waals surface area contributed by atoms with Crippen molar-refractivity contribution in [2.45, 2.75) is 25.8 Å². The summed E-state index contributed by atoms with van der Waals surface area (Å²) in [6.07, 6.45) is 0.937. The third kappa shape index (κ3) is 3.35. The number of nitrogens with one attached hydrogen (secondary N) is 1. The van der Waals surface area contributed by atoms with Crippen molar-refractivity contribution in [1.82, 2.24) is 5.32 Å². The van der Waals surface area contributed by atoms with E-state index < -0.39 is 5.82 Å². The Morgan fingerprint density at radius 1 is 1.62 bits per heavy atom. The van der Waals surface area contributed by atoms with Gasteiger partial charge in [-0.05, 0) is 24.6 Å². The van der Waals surface area contributed by atoms with Gasteiger partial charge in [0.25, 0.3) is 5.91 Å². The van der Waals surface area contributed by atoms with E-state index in [0.717, 1.165) is 0 Å². The lowest BCUT2D eigenvalue weighted by atomic mass is 10.1. The Kier molecular flexibility index (Phi) is 4.46. The molecule has 1 N–H and O–H groups in total.